The number of alkyl halides is 2. The maximum absolute atomic E-state index is 12.1. The minimum atomic E-state index is -2.47. The fourth-order valence-electron chi connectivity index (χ4n) is 1.34. The van der Waals surface area contributed by atoms with Crippen LogP contribution in [-0.2, 0) is 0 Å². The molecule has 1 aromatic carbocycles. The van der Waals surface area contributed by atoms with Gasteiger partial charge in [0.15, 0.2) is 0 Å². The van der Waals surface area contributed by atoms with Crippen LogP contribution in [0.15, 0.2) is 18.2 Å². The Balaban J connectivity index is 2.94. The van der Waals surface area contributed by atoms with Crippen molar-refractivity contribution in [2.45, 2.75) is 6.43 Å². The van der Waals surface area contributed by atoms with Crippen LogP contribution >= 0.6 is 0 Å². The van der Waals surface area contributed by atoms with Crippen LogP contribution in [0.4, 0.5) is 20.2 Å². The Morgan fingerprint density at radius 3 is 2.62 bits per heavy atom. The molecule has 3 N–H and O–H groups in total. The molecule has 88 valence electrons. The molecule has 16 heavy (non-hydrogen) atoms. The van der Waals surface area contributed by atoms with Crippen LogP contribution in [0.25, 0.3) is 0 Å². The number of hydrogen-bond acceptors (Lipinski definition) is 3. The van der Waals surface area contributed by atoms with E-state index < -0.39 is 18.9 Å². The zero-order valence-electron chi connectivity index (χ0n) is 8.65. The molecule has 0 aliphatic rings. The number of nitrogens with zero attached hydrogens (tertiary/aromatic N) is 1. The zero-order chi connectivity index (χ0) is 12.3. The fourth-order valence-corrected chi connectivity index (χ4v) is 1.34. The number of aromatic carboxylic acids is 1. The van der Waals surface area contributed by atoms with Crippen LogP contribution in [-0.4, -0.2) is 31.1 Å². The van der Waals surface area contributed by atoms with E-state index in [9.17, 15) is 13.6 Å². The summed E-state index contributed by atoms with van der Waals surface area (Å²) in [7, 11) is 1.47. The van der Waals surface area contributed by atoms with E-state index in [1.807, 2.05) is 0 Å². The summed E-state index contributed by atoms with van der Waals surface area (Å²) in [5, 5.41) is 8.70. The Kier molecular flexibility index (Phi) is 3.65. The normalized spacial score (nSPS) is 10.5. The smallest absolute Gasteiger partial charge is 0.335 e. The minimum Gasteiger partial charge on any atom is -0.478 e. The molecule has 0 fully saturated rings. The Hall–Kier alpha value is -1.85. The van der Waals surface area contributed by atoms with Gasteiger partial charge in [0.25, 0.3) is 6.43 Å². The molecule has 0 aliphatic heterocycles. The largest absolute Gasteiger partial charge is 0.478 e. The van der Waals surface area contributed by atoms with Crippen molar-refractivity contribution in [3.05, 3.63) is 23.8 Å². The second-order valence-electron chi connectivity index (χ2n) is 3.35. The monoisotopic (exact) mass is 230 g/mol. The van der Waals surface area contributed by atoms with Gasteiger partial charge in [0.2, 0.25) is 0 Å². The molecule has 4 nitrogen and oxygen atoms in total. The van der Waals surface area contributed by atoms with E-state index in [4.69, 9.17) is 10.8 Å². The van der Waals surface area contributed by atoms with Gasteiger partial charge in [0, 0.05) is 7.05 Å². The van der Waals surface area contributed by atoms with Gasteiger partial charge in [0.05, 0.1) is 23.5 Å². The molecule has 0 atom stereocenters. The number of carbonyl (C=O) groups is 1. The quantitative estimate of drug-likeness (QED) is 0.772. The first-order chi connectivity index (χ1) is 7.41. The highest BCUT2D eigenvalue weighted by Gasteiger charge is 2.12. The first-order valence-corrected chi connectivity index (χ1v) is 4.54. The molecular formula is C10H12F2N2O2. The molecule has 0 aliphatic carbocycles. The molecular weight excluding hydrogens is 218 g/mol. The summed E-state index contributed by atoms with van der Waals surface area (Å²) < 4.78 is 24.3. The van der Waals surface area contributed by atoms with Gasteiger partial charge < -0.3 is 15.7 Å². The number of hydrogen-bond donors (Lipinski definition) is 2. The van der Waals surface area contributed by atoms with E-state index in [2.05, 4.69) is 0 Å². The summed E-state index contributed by atoms with van der Waals surface area (Å²) in [6.07, 6.45) is -2.47. The topological polar surface area (TPSA) is 66.6 Å². The van der Waals surface area contributed by atoms with Gasteiger partial charge in [-0.25, -0.2) is 13.6 Å². The Morgan fingerprint density at radius 2 is 2.19 bits per heavy atom. The lowest BCUT2D eigenvalue weighted by Crippen LogP contribution is -2.24. The lowest BCUT2D eigenvalue weighted by Gasteiger charge is -2.20. The number of rotatable bonds is 4. The first kappa shape index (κ1) is 12.2. The molecule has 0 bridgehead atoms. The number of nitrogen functional groups attached to an aromatic ring is 1. The van der Waals surface area contributed by atoms with Crippen LogP contribution in [0.5, 0.6) is 0 Å². The summed E-state index contributed by atoms with van der Waals surface area (Å²) in [6, 6.07) is 4.00. The molecule has 1 rings (SSSR count). The summed E-state index contributed by atoms with van der Waals surface area (Å²) in [4.78, 5) is 11.9. The van der Waals surface area contributed by atoms with Crippen LogP contribution in [0.3, 0.4) is 0 Å². The lowest BCUT2D eigenvalue weighted by atomic mass is 10.1. The van der Waals surface area contributed by atoms with Crippen molar-refractivity contribution in [2.24, 2.45) is 0 Å². The molecule has 0 saturated carbocycles. The standard InChI is InChI=1S/C10H12F2N2O2/c1-14(5-9(11)12)8-3-2-6(10(15)16)4-7(8)13/h2-4,9H,5,13H2,1H3,(H,15,16). The minimum absolute atomic E-state index is 0.0340. The number of nitrogens with two attached hydrogens (primary N) is 1. The van der Waals surface area contributed by atoms with E-state index in [1.54, 1.807) is 0 Å². The van der Waals surface area contributed by atoms with Gasteiger partial charge in [0.1, 0.15) is 0 Å². The third-order valence-electron chi connectivity index (χ3n) is 2.10. The summed E-state index contributed by atoms with van der Waals surface area (Å²) in [5.41, 5.74) is 6.18. The maximum Gasteiger partial charge on any atom is 0.335 e. The first-order valence-electron chi connectivity index (χ1n) is 4.54. The Labute approximate surface area is 91.3 Å². The van der Waals surface area contributed by atoms with Gasteiger partial charge in [-0.2, -0.15) is 0 Å². The second kappa shape index (κ2) is 4.78. The average Bonchev–Trinajstić information content (AvgIpc) is 2.15. The van der Waals surface area contributed by atoms with Crippen molar-refractivity contribution in [3.8, 4) is 0 Å². The van der Waals surface area contributed by atoms with E-state index in [-0.39, 0.29) is 11.3 Å². The third kappa shape index (κ3) is 2.82. The van der Waals surface area contributed by atoms with Crippen LogP contribution in [0, 0.1) is 0 Å². The van der Waals surface area contributed by atoms with Gasteiger partial charge in [-0.3, -0.25) is 0 Å². The summed E-state index contributed by atoms with van der Waals surface area (Å²) >= 11 is 0. The molecule has 0 saturated heterocycles. The Bertz CT molecular complexity index is 396. The van der Waals surface area contributed by atoms with Crippen LogP contribution < -0.4 is 10.6 Å². The lowest BCUT2D eigenvalue weighted by molar-refractivity contribution is 0.0697. The van der Waals surface area contributed by atoms with Crippen molar-refractivity contribution >= 4 is 17.3 Å². The van der Waals surface area contributed by atoms with Crippen LogP contribution in [0.1, 0.15) is 10.4 Å². The summed E-state index contributed by atoms with van der Waals surface area (Å²) in [5.74, 6) is -1.10. The fraction of sp³-hybridized carbons (Fsp3) is 0.300. The zero-order valence-corrected chi connectivity index (χ0v) is 8.65. The predicted molar refractivity (Wildman–Crippen MR) is 57.1 cm³/mol. The highest BCUT2D eigenvalue weighted by molar-refractivity contribution is 5.90. The molecule has 0 amide bonds. The highest BCUT2D eigenvalue weighted by Crippen LogP contribution is 2.23. The number of anilines is 2. The van der Waals surface area contributed by atoms with Crippen molar-refractivity contribution in [1.82, 2.24) is 0 Å². The maximum atomic E-state index is 12.1. The summed E-state index contributed by atoms with van der Waals surface area (Å²) in [6.45, 7) is -0.448. The molecule has 1 aromatic rings. The average molecular weight is 230 g/mol. The molecule has 0 radical (unpaired) electrons. The van der Waals surface area contributed by atoms with E-state index in [0.29, 0.717) is 5.69 Å². The number of halogens is 2. The molecule has 0 spiro atoms. The van der Waals surface area contributed by atoms with Gasteiger partial charge in [-0.1, -0.05) is 0 Å². The van der Waals surface area contributed by atoms with E-state index in [1.165, 1.54) is 30.1 Å². The number of carboxylic acid groups (broad SMARTS) is 1. The molecule has 0 heterocycles. The third-order valence-corrected chi connectivity index (χ3v) is 2.10. The molecule has 0 unspecified atom stereocenters. The van der Waals surface area contributed by atoms with Crippen molar-refractivity contribution in [2.75, 3.05) is 24.2 Å². The highest BCUT2D eigenvalue weighted by atomic mass is 19.3. The SMILES string of the molecule is CN(CC(F)F)c1ccc(C(=O)O)cc1N. The second-order valence-corrected chi connectivity index (χ2v) is 3.35. The van der Waals surface area contributed by atoms with Gasteiger partial charge in [-0.15, -0.1) is 0 Å². The van der Waals surface area contributed by atoms with Crippen LogP contribution in [0.2, 0.25) is 0 Å². The van der Waals surface area contributed by atoms with Gasteiger partial charge >= 0.3 is 5.97 Å². The molecule has 0 aromatic heterocycles. The number of benzene rings is 1. The Morgan fingerprint density at radius 1 is 1.56 bits per heavy atom. The van der Waals surface area contributed by atoms with E-state index in [0.717, 1.165) is 0 Å². The van der Waals surface area contributed by atoms with Crippen molar-refractivity contribution < 1.29 is 18.7 Å². The van der Waals surface area contributed by atoms with Crippen molar-refractivity contribution in [3.63, 3.8) is 0 Å². The van der Waals surface area contributed by atoms with E-state index >= 15 is 0 Å². The predicted octanol–water partition coefficient (Wildman–Crippen LogP) is 1.67. The van der Waals surface area contributed by atoms with Crippen molar-refractivity contribution in [1.29, 1.82) is 0 Å². The number of carboxylic acids is 1. The molecule has 6 heteroatoms. The van der Waals surface area contributed by atoms with Gasteiger partial charge in [-0.05, 0) is 18.2 Å².